The fourth-order valence-corrected chi connectivity index (χ4v) is 15.9. The number of aliphatic hydroxyl groups is 3. The second-order valence-corrected chi connectivity index (χ2v) is 23.6. The molecule has 1 aromatic carbocycles. The number of carbonyl (C=O) groups excluding carboxylic acids is 2. The Morgan fingerprint density at radius 3 is 2.38 bits per heavy atom. The van der Waals surface area contributed by atoms with Crippen LogP contribution in [0.25, 0.3) is 0 Å². The number of aliphatic imine (C=N–C) groups is 1. The summed E-state index contributed by atoms with van der Waals surface area (Å²) < 4.78 is 11.6. The lowest BCUT2D eigenvalue weighted by atomic mass is 9.34. The number of Topliss-reactive ketones (excluding diaryl/α,β-unsaturated/α-hetero) is 2. The Kier molecular flexibility index (Phi) is 9.42. The molecule has 9 heteroatoms. The number of fused-ring (bicyclic) bond motifs is 4. The smallest absolute Gasteiger partial charge is 0.162 e. The lowest BCUT2D eigenvalue weighted by Gasteiger charge is -2.70. The maximum Gasteiger partial charge on any atom is 0.162 e. The van der Waals surface area contributed by atoms with E-state index in [2.05, 4.69) is 72.9 Å². The van der Waals surface area contributed by atoms with Crippen LogP contribution in [-0.2, 0) is 31.1 Å². The van der Waals surface area contributed by atoms with Crippen molar-refractivity contribution in [1.29, 1.82) is 0 Å². The van der Waals surface area contributed by atoms with Gasteiger partial charge in [-0.3, -0.25) is 14.5 Å². The normalized spacial score (nSPS) is 42.3. The van der Waals surface area contributed by atoms with Crippen molar-refractivity contribution in [3.8, 4) is 0 Å². The van der Waals surface area contributed by atoms with Crippen LogP contribution in [0.5, 0.6) is 0 Å². The maximum atomic E-state index is 15.2. The van der Waals surface area contributed by atoms with Crippen LogP contribution in [-0.4, -0.2) is 83.3 Å². The first-order chi connectivity index (χ1) is 28.6. The van der Waals surface area contributed by atoms with E-state index in [1.165, 1.54) is 27.3 Å². The second kappa shape index (κ2) is 13.6. The summed E-state index contributed by atoms with van der Waals surface area (Å²) in [6, 6.07) is 6.56. The van der Waals surface area contributed by atoms with Gasteiger partial charge in [-0.2, -0.15) is 0 Å². The lowest BCUT2D eigenvalue weighted by molar-refractivity contribution is -0.852. The average Bonchev–Trinajstić information content (AvgIpc) is 3.43. The van der Waals surface area contributed by atoms with E-state index in [0.29, 0.717) is 64.1 Å². The molecule has 4 N–H and O–H groups in total. The van der Waals surface area contributed by atoms with Crippen LogP contribution < -0.4 is 4.90 Å². The number of quaternary nitrogens is 1. The van der Waals surface area contributed by atoms with E-state index >= 15 is 4.79 Å². The van der Waals surface area contributed by atoms with Gasteiger partial charge in [0.25, 0.3) is 0 Å². The molecule has 61 heavy (non-hydrogen) atoms. The van der Waals surface area contributed by atoms with Crippen molar-refractivity contribution in [2.45, 2.75) is 162 Å². The average molecular weight is 836 g/mol. The minimum atomic E-state index is -0.900. The zero-order valence-corrected chi connectivity index (χ0v) is 38.3. The fourth-order valence-electron chi connectivity index (χ4n) is 15.9. The molecule has 330 valence electrons. The van der Waals surface area contributed by atoms with Gasteiger partial charge in [-0.1, -0.05) is 65.3 Å². The Morgan fingerprint density at radius 2 is 1.67 bits per heavy atom. The molecule has 5 aliphatic heterocycles. The Hall–Kier alpha value is -2.79. The Labute approximate surface area is 363 Å². The van der Waals surface area contributed by atoms with Crippen molar-refractivity contribution in [1.82, 2.24) is 0 Å². The molecule has 2 saturated heterocycles. The maximum absolute atomic E-state index is 15.2. The van der Waals surface area contributed by atoms with Crippen LogP contribution in [0.3, 0.4) is 0 Å². The molecule has 10 rings (SSSR count). The number of ketones is 2. The summed E-state index contributed by atoms with van der Waals surface area (Å²) in [5.41, 5.74) is 6.46. The van der Waals surface area contributed by atoms with Gasteiger partial charge in [0, 0.05) is 79.1 Å². The topological polar surface area (TPSA) is 133 Å². The van der Waals surface area contributed by atoms with Crippen LogP contribution in [0.2, 0.25) is 0 Å². The number of carbonyl (C=O) groups is 2. The Balaban J connectivity index is 1.09. The molecule has 5 heterocycles. The molecule has 1 aromatic rings. The molecule has 0 aromatic heterocycles. The fraction of sp³-hybridized carbons (Fsp3) is 0.712. The zero-order valence-electron chi connectivity index (χ0n) is 38.3. The molecule has 0 radical (unpaired) electrons. The van der Waals surface area contributed by atoms with Crippen LogP contribution in [0.1, 0.15) is 136 Å². The third-order valence-corrected chi connectivity index (χ3v) is 19.2. The van der Waals surface area contributed by atoms with Gasteiger partial charge in [0.1, 0.15) is 24.1 Å². The number of ether oxygens (including phenoxy) is 2. The van der Waals surface area contributed by atoms with Crippen LogP contribution in [0, 0.1) is 51.8 Å². The highest BCUT2D eigenvalue weighted by molar-refractivity contribution is 6.02. The zero-order chi connectivity index (χ0) is 43.4. The summed E-state index contributed by atoms with van der Waals surface area (Å²) in [5.74, 6) is 0.280. The Bertz CT molecular complexity index is 2230. The van der Waals surface area contributed by atoms with E-state index in [9.17, 15) is 20.1 Å². The van der Waals surface area contributed by atoms with Crippen molar-refractivity contribution < 1.29 is 39.3 Å². The number of aliphatic hydroxyl groups excluding tert-OH is 2. The van der Waals surface area contributed by atoms with Crippen molar-refractivity contribution in [3.05, 3.63) is 68.6 Å². The number of nitrogens with one attached hydrogen (secondary N) is 1. The van der Waals surface area contributed by atoms with Crippen LogP contribution in [0.4, 0.5) is 0 Å². The van der Waals surface area contributed by atoms with Crippen molar-refractivity contribution in [2.75, 3.05) is 26.3 Å². The van der Waals surface area contributed by atoms with Gasteiger partial charge in [-0.25, -0.2) is 4.99 Å². The van der Waals surface area contributed by atoms with E-state index in [4.69, 9.17) is 14.5 Å². The number of hydrogen-bond acceptors (Lipinski definition) is 8. The summed E-state index contributed by atoms with van der Waals surface area (Å²) in [4.78, 5) is 35.3. The third kappa shape index (κ3) is 6.02. The summed E-state index contributed by atoms with van der Waals surface area (Å²) >= 11 is 0. The molecular formula is C52H71N2O7+. The SMILES string of the molecule is Cc1cc(CC2=C3N=CC4=C3[NH+](C2)CC2C3=C(C(=O)CC3(C)C3(C)CCC5C(C)(C)C(=O)CCC5(C)C3C2O)C(C)(CC(O)C2OC2(C)C)CC4)cc(C2(O)CCOCC2)c1. The van der Waals surface area contributed by atoms with Gasteiger partial charge in [0.05, 0.1) is 35.9 Å². The molecule has 0 bridgehead atoms. The molecular weight excluding hydrogens is 765 g/mol. The molecule has 0 amide bonds. The standard InChI is InChI=1S/C52H70N2O7/c1-29-20-30(23-33(21-29)52(59)16-18-60-19-17-52)22-32-27-54-28-34-39-40(48(6,24-36(56)45-47(4,5)61-45)13-10-31-26-53-41(32)42(31)54)35(55)25-51(39,9)50(8)15-11-37-46(2,3)38(57)12-14-49(37,7)44(50)43(34)58/h20-21,23,26,34,36-37,43-45,56,58-59H,10-19,22,24-25,27-28H2,1-9H3/p+1. The quantitative estimate of drug-likeness (QED) is 0.242. The molecule has 0 spiro atoms. The minimum absolute atomic E-state index is 0.0960. The molecule has 4 aliphatic carbocycles. The van der Waals surface area contributed by atoms with Gasteiger partial charge < -0.3 is 24.8 Å². The lowest BCUT2D eigenvalue weighted by Crippen LogP contribution is -3.10. The number of epoxide rings is 1. The van der Waals surface area contributed by atoms with E-state index in [1.807, 2.05) is 13.8 Å². The van der Waals surface area contributed by atoms with Gasteiger partial charge >= 0.3 is 0 Å². The highest BCUT2D eigenvalue weighted by Gasteiger charge is 2.73. The van der Waals surface area contributed by atoms with Gasteiger partial charge in [0.2, 0.25) is 0 Å². The number of benzene rings is 1. The number of aryl methyl sites for hydroxylation is 1. The molecule has 11 atom stereocenters. The summed E-state index contributed by atoms with van der Waals surface area (Å²) in [5, 5.41) is 37.2. The number of rotatable bonds is 6. The van der Waals surface area contributed by atoms with E-state index in [1.54, 1.807) is 0 Å². The first kappa shape index (κ1) is 42.2. The van der Waals surface area contributed by atoms with Crippen molar-refractivity contribution >= 4 is 17.8 Å². The summed E-state index contributed by atoms with van der Waals surface area (Å²) in [6.45, 7) is 22.3. The van der Waals surface area contributed by atoms with Crippen molar-refractivity contribution in [2.24, 2.45) is 49.8 Å². The molecule has 9 aliphatic rings. The summed E-state index contributed by atoms with van der Waals surface area (Å²) in [6.07, 6.45) is 7.51. The van der Waals surface area contributed by atoms with E-state index in [0.717, 1.165) is 66.6 Å². The molecule has 9 nitrogen and oxygen atoms in total. The van der Waals surface area contributed by atoms with Crippen LogP contribution in [0.15, 0.2) is 56.9 Å². The first-order valence-electron chi connectivity index (χ1n) is 23.7. The third-order valence-electron chi connectivity index (χ3n) is 19.2. The second-order valence-electron chi connectivity index (χ2n) is 23.6. The largest absolute Gasteiger partial charge is 0.392 e. The van der Waals surface area contributed by atoms with Gasteiger partial charge in [-0.15, -0.1) is 0 Å². The molecule has 5 fully saturated rings. The number of allylic oxidation sites excluding steroid dienone is 2. The van der Waals surface area contributed by atoms with Gasteiger partial charge in [-0.05, 0) is 104 Å². The van der Waals surface area contributed by atoms with Gasteiger partial charge in [0.15, 0.2) is 11.5 Å². The number of hydrogen-bond donors (Lipinski definition) is 4. The monoisotopic (exact) mass is 836 g/mol. The van der Waals surface area contributed by atoms with Crippen molar-refractivity contribution in [3.63, 3.8) is 0 Å². The van der Waals surface area contributed by atoms with E-state index in [-0.39, 0.29) is 40.5 Å². The molecule has 11 unspecified atom stereocenters. The highest BCUT2D eigenvalue weighted by atomic mass is 16.6. The molecule has 3 saturated carbocycles. The predicted octanol–water partition coefficient (Wildman–Crippen LogP) is 6.45. The van der Waals surface area contributed by atoms with Crippen LogP contribution >= 0.6 is 0 Å². The van der Waals surface area contributed by atoms with E-state index < -0.39 is 39.7 Å². The first-order valence-corrected chi connectivity index (χ1v) is 23.7. The Morgan fingerprint density at radius 1 is 0.951 bits per heavy atom. The number of nitrogens with zero attached hydrogens (tertiary/aromatic N) is 1. The summed E-state index contributed by atoms with van der Waals surface area (Å²) in [7, 11) is 0. The highest BCUT2D eigenvalue weighted by Crippen LogP contribution is 2.75. The minimum Gasteiger partial charge on any atom is -0.392 e. The predicted molar refractivity (Wildman–Crippen MR) is 234 cm³/mol.